The fourth-order valence-corrected chi connectivity index (χ4v) is 1.96. The van der Waals surface area contributed by atoms with Crippen LogP contribution >= 0.6 is 0 Å². The molecule has 0 atom stereocenters. The van der Waals surface area contributed by atoms with Crippen LogP contribution in [0.4, 0.5) is 10.2 Å². The molecule has 0 amide bonds. The Kier molecular flexibility index (Phi) is 2.87. The normalized spacial score (nSPS) is 10.8. The number of hydrogen-bond donors (Lipinski definition) is 2. The van der Waals surface area contributed by atoms with Crippen LogP contribution < -0.4 is 5.32 Å². The summed E-state index contributed by atoms with van der Waals surface area (Å²) in [4.78, 5) is 12.0. The van der Waals surface area contributed by atoms with Crippen molar-refractivity contribution >= 4 is 17.0 Å². The van der Waals surface area contributed by atoms with Crippen molar-refractivity contribution in [2.45, 2.75) is 6.42 Å². The third kappa shape index (κ3) is 2.40. The predicted molar refractivity (Wildman–Crippen MR) is 72.6 cm³/mol. The minimum atomic E-state index is -0.228. The molecule has 96 valence electrons. The number of aromatic nitrogens is 3. The summed E-state index contributed by atoms with van der Waals surface area (Å²) in [6.07, 6.45) is 0.630. The molecule has 0 aliphatic carbocycles. The largest absolute Gasteiger partial charge is 0.373 e. The molecule has 5 heteroatoms. The second-order valence-corrected chi connectivity index (χ2v) is 4.30. The van der Waals surface area contributed by atoms with Crippen molar-refractivity contribution in [1.29, 1.82) is 0 Å². The molecule has 4 nitrogen and oxygen atoms in total. The second kappa shape index (κ2) is 4.68. The van der Waals surface area contributed by atoms with E-state index in [4.69, 9.17) is 0 Å². The number of nitrogens with zero attached hydrogens (tertiary/aromatic N) is 2. The smallest absolute Gasteiger partial charge is 0.179 e. The molecule has 0 unspecified atom stereocenters. The number of imidazole rings is 1. The molecule has 0 bridgehead atoms. The van der Waals surface area contributed by atoms with Crippen molar-refractivity contribution in [1.82, 2.24) is 15.0 Å². The van der Waals surface area contributed by atoms with Gasteiger partial charge >= 0.3 is 0 Å². The van der Waals surface area contributed by atoms with Gasteiger partial charge in [0.1, 0.15) is 17.5 Å². The minimum Gasteiger partial charge on any atom is -0.373 e. The molecule has 0 saturated heterocycles. The van der Waals surface area contributed by atoms with E-state index >= 15 is 0 Å². The van der Waals surface area contributed by atoms with Gasteiger partial charge in [0.25, 0.3) is 0 Å². The maximum Gasteiger partial charge on any atom is 0.179 e. The third-order valence-corrected chi connectivity index (χ3v) is 2.94. The van der Waals surface area contributed by atoms with E-state index < -0.39 is 0 Å². The Hall–Kier alpha value is -2.43. The summed E-state index contributed by atoms with van der Waals surface area (Å²) in [7, 11) is 1.82. The van der Waals surface area contributed by atoms with Gasteiger partial charge in [0, 0.05) is 13.5 Å². The number of halogens is 1. The van der Waals surface area contributed by atoms with E-state index in [2.05, 4.69) is 20.3 Å². The fourth-order valence-electron chi connectivity index (χ4n) is 1.96. The van der Waals surface area contributed by atoms with Gasteiger partial charge in [-0.3, -0.25) is 0 Å². The summed E-state index contributed by atoms with van der Waals surface area (Å²) >= 11 is 0. The van der Waals surface area contributed by atoms with E-state index in [0.717, 1.165) is 22.7 Å². The number of hydrogen-bond acceptors (Lipinski definition) is 3. The molecular weight excluding hydrogens is 243 g/mol. The van der Waals surface area contributed by atoms with Crippen molar-refractivity contribution in [2.24, 2.45) is 0 Å². The molecule has 0 aliphatic rings. The highest BCUT2D eigenvalue weighted by Gasteiger charge is 2.05. The summed E-state index contributed by atoms with van der Waals surface area (Å²) in [6, 6.07) is 10.3. The molecule has 0 fully saturated rings. The van der Waals surface area contributed by atoms with Crippen LogP contribution in [0, 0.1) is 5.82 Å². The van der Waals surface area contributed by atoms with Crippen LogP contribution in [-0.4, -0.2) is 22.0 Å². The highest BCUT2D eigenvalue weighted by Crippen LogP contribution is 2.15. The lowest BCUT2D eigenvalue weighted by atomic mass is 10.1. The Morgan fingerprint density at radius 3 is 2.63 bits per heavy atom. The molecule has 3 aromatic rings. The Labute approximate surface area is 109 Å². The van der Waals surface area contributed by atoms with Crippen molar-refractivity contribution in [3.05, 3.63) is 53.6 Å². The zero-order chi connectivity index (χ0) is 13.2. The van der Waals surface area contributed by atoms with Crippen LogP contribution in [0.3, 0.4) is 0 Å². The average Bonchev–Trinajstić information content (AvgIpc) is 2.82. The fraction of sp³-hybridized carbons (Fsp3) is 0.143. The van der Waals surface area contributed by atoms with Gasteiger partial charge in [-0.2, -0.15) is 0 Å². The standard InChI is InChI=1S/C14H13FN4/c1-16-12-7-6-11-14(18-12)19-13(17-11)8-9-2-4-10(15)5-3-9/h2-7H,8H2,1H3,(H2,16,17,18,19). The number of anilines is 1. The Bertz CT molecular complexity index is 703. The van der Waals surface area contributed by atoms with E-state index in [1.807, 2.05) is 19.2 Å². The highest BCUT2D eigenvalue weighted by molar-refractivity contribution is 5.72. The van der Waals surface area contributed by atoms with E-state index in [-0.39, 0.29) is 5.82 Å². The van der Waals surface area contributed by atoms with Crippen molar-refractivity contribution in [3.63, 3.8) is 0 Å². The van der Waals surface area contributed by atoms with E-state index in [9.17, 15) is 4.39 Å². The first-order valence-electron chi connectivity index (χ1n) is 6.02. The van der Waals surface area contributed by atoms with Gasteiger partial charge in [0.05, 0.1) is 5.52 Å². The minimum absolute atomic E-state index is 0.228. The molecule has 1 aromatic carbocycles. The molecule has 0 radical (unpaired) electrons. The van der Waals surface area contributed by atoms with Gasteiger partial charge in [-0.25, -0.2) is 14.4 Å². The second-order valence-electron chi connectivity index (χ2n) is 4.30. The summed E-state index contributed by atoms with van der Waals surface area (Å²) < 4.78 is 12.8. The van der Waals surface area contributed by atoms with Crippen LogP contribution in [0.1, 0.15) is 11.4 Å². The first-order valence-corrected chi connectivity index (χ1v) is 6.02. The lowest BCUT2D eigenvalue weighted by molar-refractivity contribution is 0.627. The molecule has 19 heavy (non-hydrogen) atoms. The number of benzene rings is 1. The molecule has 2 aromatic heterocycles. The Balaban J connectivity index is 1.90. The van der Waals surface area contributed by atoms with Gasteiger partial charge < -0.3 is 10.3 Å². The summed E-state index contributed by atoms with van der Waals surface area (Å²) in [5, 5.41) is 2.98. The molecule has 3 rings (SSSR count). The zero-order valence-electron chi connectivity index (χ0n) is 10.4. The van der Waals surface area contributed by atoms with Crippen LogP contribution in [0.5, 0.6) is 0 Å². The molecule has 2 N–H and O–H groups in total. The van der Waals surface area contributed by atoms with Crippen LogP contribution in [0.15, 0.2) is 36.4 Å². The summed E-state index contributed by atoms with van der Waals surface area (Å²) in [5.41, 5.74) is 2.59. The molecule has 0 spiro atoms. The number of pyridine rings is 1. The summed E-state index contributed by atoms with van der Waals surface area (Å²) in [5.74, 6) is 1.38. The lowest BCUT2D eigenvalue weighted by Crippen LogP contribution is -1.91. The van der Waals surface area contributed by atoms with Gasteiger partial charge in [-0.05, 0) is 29.8 Å². The number of nitrogens with one attached hydrogen (secondary N) is 2. The predicted octanol–water partition coefficient (Wildman–Crippen LogP) is 2.73. The SMILES string of the molecule is CNc1ccc2[nH]c(Cc3ccc(F)cc3)nc2n1. The van der Waals surface area contributed by atoms with Crippen LogP contribution in [0.2, 0.25) is 0 Å². The van der Waals surface area contributed by atoms with Gasteiger partial charge in [-0.1, -0.05) is 12.1 Å². The topological polar surface area (TPSA) is 53.6 Å². The van der Waals surface area contributed by atoms with Crippen molar-refractivity contribution in [3.8, 4) is 0 Å². The average molecular weight is 256 g/mol. The van der Waals surface area contributed by atoms with Crippen LogP contribution in [-0.2, 0) is 6.42 Å². The molecular formula is C14H13FN4. The first-order chi connectivity index (χ1) is 9.24. The zero-order valence-corrected chi connectivity index (χ0v) is 10.4. The number of rotatable bonds is 3. The molecule has 0 saturated carbocycles. The quantitative estimate of drug-likeness (QED) is 0.757. The van der Waals surface area contributed by atoms with Gasteiger partial charge in [-0.15, -0.1) is 0 Å². The van der Waals surface area contributed by atoms with Crippen molar-refractivity contribution < 1.29 is 4.39 Å². The number of fused-ring (bicyclic) bond motifs is 1. The third-order valence-electron chi connectivity index (χ3n) is 2.94. The van der Waals surface area contributed by atoms with E-state index in [1.165, 1.54) is 12.1 Å². The maximum absolute atomic E-state index is 12.8. The molecule has 0 aliphatic heterocycles. The van der Waals surface area contributed by atoms with E-state index in [0.29, 0.717) is 12.1 Å². The Morgan fingerprint density at radius 1 is 1.11 bits per heavy atom. The van der Waals surface area contributed by atoms with E-state index in [1.54, 1.807) is 12.1 Å². The Morgan fingerprint density at radius 2 is 1.89 bits per heavy atom. The monoisotopic (exact) mass is 256 g/mol. The maximum atomic E-state index is 12.8. The van der Waals surface area contributed by atoms with Gasteiger partial charge in [0.15, 0.2) is 5.65 Å². The summed E-state index contributed by atoms with van der Waals surface area (Å²) in [6.45, 7) is 0. The van der Waals surface area contributed by atoms with Crippen LogP contribution in [0.25, 0.3) is 11.2 Å². The number of aromatic amines is 1. The van der Waals surface area contributed by atoms with Crippen molar-refractivity contribution in [2.75, 3.05) is 12.4 Å². The lowest BCUT2D eigenvalue weighted by Gasteiger charge is -1.97. The first kappa shape index (κ1) is 11.6. The van der Waals surface area contributed by atoms with Gasteiger partial charge in [0.2, 0.25) is 0 Å². The number of H-pyrrole nitrogens is 1. The highest BCUT2D eigenvalue weighted by atomic mass is 19.1. The molecule has 2 heterocycles.